The van der Waals surface area contributed by atoms with Gasteiger partial charge >= 0.3 is 5.97 Å². The summed E-state index contributed by atoms with van der Waals surface area (Å²) in [5, 5.41) is 9.87. The summed E-state index contributed by atoms with van der Waals surface area (Å²) in [5.41, 5.74) is 3.30. The first-order valence-electron chi connectivity index (χ1n) is 7.70. The number of carbonyl (C=O) groups excluding carboxylic acids is 1. The molecule has 0 aliphatic carbocycles. The third-order valence-electron chi connectivity index (χ3n) is 3.77. The molecule has 0 spiro atoms. The van der Waals surface area contributed by atoms with Crippen molar-refractivity contribution in [3.05, 3.63) is 60.7 Å². The minimum Gasteiger partial charge on any atom is -0.463 e. The van der Waals surface area contributed by atoms with Gasteiger partial charge in [-0.15, -0.1) is 0 Å². The molecular formula is C19H19NO3. The number of esters is 1. The van der Waals surface area contributed by atoms with Crippen LogP contribution in [-0.2, 0) is 16.1 Å². The van der Waals surface area contributed by atoms with Crippen LogP contribution in [0.15, 0.2) is 60.7 Å². The summed E-state index contributed by atoms with van der Waals surface area (Å²) in [6, 6.07) is 20.4. The molecule has 0 saturated heterocycles. The Balaban J connectivity index is 1.92. The van der Waals surface area contributed by atoms with Gasteiger partial charge in [-0.05, 0) is 17.7 Å². The summed E-state index contributed by atoms with van der Waals surface area (Å²) in [6.45, 7) is 0.451. The van der Waals surface area contributed by atoms with Crippen LogP contribution >= 0.6 is 0 Å². The van der Waals surface area contributed by atoms with Crippen molar-refractivity contribution >= 4 is 16.9 Å². The van der Waals surface area contributed by atoms with E-state index >= 15 is 0 Å². The topological polar surface area (TPSA) is 51.5 Å². The number of carbonyl (C=O) groups is 1. The second-order valence-corrected chi connectivity index (χ2v) is 5.30. The van der Waals surface area contributed by atoms with Gasteiger partial charge in [0, 0.05) is 23.1 Å². The lowest BCUT2D eigenvalue weighted by atomic mass is 10.1. The van der Waals surface area contributed by atoms with Crippen LogP contribution in [-0.4, -0.2) is 28.9 Å². The largest absolute Gasteiger partial charge is 0.463 e. The average Bonchev–Trinajstić information content (AvgIpc) is 2.97. The Labute approximate surface area is 134 Å². The summed E-state index contributed by atoms with van der Waals surface area (Å²) in [6.07, 6.45) is 0.276. The molecule has 0 unspecified atom stereocenters. The molecule has 1 N–H and O–H groups in total. The maximum atomic E-state index is 11.7. The van der Waals surface area contributed by atoms with Crippen LogP contribution in [0.2, 0.25) is 0 Å². The standard InChI is InChI=1S/C19H19NO3/c21-12-13-23-19(22)10-11-20-17-9-5-4-8-16(17)14-18(20)15-6-2-1-3-7-15/h1-9,14,21H,10-13H2. The molecule has 0 saturated carbocycles. The normalized spacial score (nSPS) is 10.8. The molecule has 1 heterocycles. The molecule has 0 aliphatic rings. The molecule has 23 heavy (non-hydrogen) atoms. The minimum absolute atomic E-state index is 0.0524. The van der Waals surface area contributed by atoms with Crippen molar-refractivity contribution in [1.29, 1.82) is 0 Å². The highest BCUT2D eigenvalue weighted by Gasteiger charge is 2.12. The zero-order valence-electron chi connectivity index (χ0n) is 12.8. The fourth-order valence-corrected chi connectivity index (χ4v) is 2.73. The molecule has 4 heteroatoms. The van der Waals surface area contributed by atoms with Gasteiger partial charge in [0.15, 0.2) is 0 Å². The van der Waals surface area contributed by atoms with Crippen molar-refractivity contribution in [2.75, 3.05) is 13.2 Å². The van der Waals surface area contributed by atoms with Gasteiger partial charge in [-0.1, -0.05) is 48.5 Å². The molecule has 118 valence electrons. The second kappa shape index (κ2) is 7.11. The van der Waals surface area contributed by atoms with Crippen LogP contribution in [0.1, 0.15) is 6.42 Å². The predicted molar refractivity (Wildman–Crippen MR) is 90.0 cm³/mol. The van der Waals surface area contributed by atoms with Crippen LogP contribution in [0, 0.1) is 0 Å². The van der Waals surface area contributed by atoms with Crippen LogP contribution in [0.3, 0.4) is 0 Å². The van der Waals surface area contributed by atoms with Crippen LogP contribution in [0.4, 0.5) is 0 Å². The van der Waals surface area contributed by atoms with Gasteiger partial charge in [0.2, 0.25) is 0 Å². The van der Waals surface area contributed by atoms with Crippen molar-refractivity contribution in [3.63, 3.8) is 0 Å². The first-order valence-corrected chi connectivity index (χ1v) is 7.70. The molecule has 1 aromatic heterocycles. The van der Waals surface area contributed by atoms with E-state index in [1.165, 1.54) is 0 Å². The van der Waals surface area contributed by atoms with Gasteiger partial charge in [-0.3, -0.25) is 4.79 Å². The van der Waals surface area contributed by atoms with Crippen molar-refractivity contribution in [2.45, 2.75) is 13.0 Å². The molecular weight excluding hydrogens is 290 g/mol. The number of aryl methyl sites for hydroxylation is 1. The van der Waals surface area contributed by atoms with Gasteiger partial charge < -0.3 is 14.4 Å². The molecule has 4 nitrogen and oxygen atoms in total. The lowest BCUT2D eigenvalue weighted by Gasteiger charge is -2.11. The van der Waals surface area contributed by atoms with E-state index in [2.05, 4.69) is 34.9 Å². The van der Waals surface area contributed by atoms with Gasteiger partial charge in [0.25, 0.3) is 0 Å². The highest BCUT2D eigenvalue weighted by atomic mass is 16.5. The Bertz CT molecular complexity index is 793. The van der Waals surface area contributed by atoms with E-state index in [1.807, 2.05) is 30.3 Å². The number of hydrogen-bond donors (Lipinski definition) is 1. The number of para-hydroxylation sites is 1. The van der Waals surface area contributed by atoms with Crippen molar-refractivity contribution in [2.24, 2.45) is 0 Å². The quantitative estimate of drug-likeness (QED) is 0.711. The minimum atomic E-state index is -0.296. The average molecular weight is 309 g/mol. The molecule has 0 bridgehead atoms. The number of aromatic nitrogens is 1. The van der Waals surface area contributed by atoms with Gasteiger partial charge in [-0.25, -0.2) is 0 Å². The number of benzene rings is 2. The van der Waals surface area contributed by atoms with E-state index in [9.17, 15) is 4.79 Å². The maximum absolute atomic E-state index is 11.7. The predicted octanol–water partition coefficient (Wildman–Crippen LogP) is 3.23. The van der Waals surface area contributed by atoms with Crippen molar-refractivity contribution < 1.29 is 14.6 Å². The number of rotatable bonds is 6. The summed E-state index contributed by atoms with van der Waals surface area (Å²) in [5.74, 6) is -0.296. The maximum Gasteiger partial charge on any atom is 0.307 e. The highest BCUT2D eigenvalue weighted by molar-refractivity contribution is 5.87. The number of aliphatic hydroxyl groups excluding tert-OH is 1. The summed E-state index contributed by atoms with van der Waals surface area (Å²) in [4.78, 5) is 11.7. The summed E-state index contributed by atoms with van der Waals surface area (Å²) < 4.78 is 7.09. The molecule has 3 aromatic rings. The van der Waals surface area contributed by atoms with E-state index in [4.69, 9.17) is 9.84 Å². The van der Waals surface area contributed by atoms with Crippen molar-refractivity contribution in [1.82, 2.24) is 4.57 Å². The van der Waals surface area contributed by atoms with E-state index in [0.717, 1.165) is 22.2 Å². The zero-order valence-corrected chi connectivity index (χ0v) is 12.8. The first-order chi connectivity index (χ1) is 11.3. The van der Waals surface area contributed by atoms with E-state index in [1.54, 1.807) is 0 Å². The molecule has 0 amide bonds. The first kappa shape index (κ1) is 15.3. The number of nitrogens with zero attached hydrogens (tertiary/aromatic N) is 1. The lowest BCUT2D eigenvalue weighted by molar-refractivity contribution is -0.144. The van der Waals surface area contributed by atoms with Gasteiger partial charge in [0.05, 0.1) is 13.0 Å². The molecule has 3 rings (SSSR count). The van der Waals surface area contributed by atoms with E-state index in [0.29, 0.717) is 6.54 Å². The van der Waals surface area contributed by atoms with Crippen LogP contribution in [0.5, 0.6) is 0 Å². The smallest absolute Gasteiger partial charge is 0.307 e. The Morgan fingerprint density at radius 1 is 1.04 bits per heavy atom. The Morgan fingerprint density at radius 2 is 1.78 bits per heavy atom. The Hall–Kier alpha value is -2.59. The molecule has 0 radical (unpaired) electrons. The monoisotopic (exact) mass is 309 g/mol. The molecule has 0 atom stereocenters. The third-order valence-corrected chi connectivity index (χ3v) is 3.77. The number of hydrogen-bond acceptors (Lipinski definition) is 3. The third kappa shape index (κ3) is 3.43. The fourth-order valence-electron chi connectivity index (χ4n) is 2.73. The Morgan fingerprint density at radius 3 is 2.57 bits per heavy atom. The van der Waals surface area contributed by atoms with Gasteiger partial charge in [-0.2, -0.15) is 0 Å². The lowest BCUT2D eigenvalue weighted by Crippen LogP contribution is -2.12. The van der Waals surface area contributed by atoms with Crippen LogP contribution in [0.25, 0.3) is 22.2 Å². The molecule has 2 aromatic carbocycles. The summed E-state index contributed by atoms with van der Waals surface area (Å²) in [7, 11) is 0. The van der Waals surface area contributed by atoms with E-state index < -0.39 is 0 Å². The number of fused-ring (bicyclic) bond motifs is 1. The highest BCUT2D eigenvalue weighted by Crippen LogP contribution is 2.28. The fraction of sp³-hybridized carbons (Fsp3) is 0.211. The number of ether oxygens (including phenoxy) is 1. The molecule has 0 aliphatic heterocycles. The molecule has 0 fully saturated rings. The van der Waals surface area contributed by atoms with Crippen LogP contribution < -0.4 is 0 Å². The number of aliphatic hydroxyl groups is 1. The second-order valence-electron chi connectivity index (χ2n) is 5.30. The SMILES string of the molecule is O=C(CCn1c(-c2ccccc2)cc2ccccc21)OCCO. The summed E-state index contributed by atoms with van der Waals surface area (Å²) >= 11 is 0. The van der Waals surface area contributed by atoms with E-state index in [-0.39, 0.29) is 25.6 Å². The van der Waals surface area contributed by atoms with Gasteiger partial charge in [0.1, 0.15) is 6.61 Å². The van der Waals surface area contributed by atoms with Crippen molar-refractivity contribution in [3.8, 4) is 11.3 Å². The zero-order chi connectivity index (χ0) is 16.1. The Kier molecular flexibility index (Phi) is 4.74.